The van der Waals surface area contributed by atoms with Crippen molar-refractivity contribution in [3.63, 3.8) is 0 Å². The smallest absolute Gasteiger partial charge is 0.243 e. The molecule has 0 aromatic heterocycles. The first kappa shape index (κ1) is 18.3. The fourth-order valence-corrected chi connectivity index (χ4v) is 2.10. The quantitative estimate of drug-likeness (QED) is 0.561. The van der Waals surface area contributed by atoms with Gasteiger partial charge < -0.3 is 9.47 Å². The first-order valence-corrected chi connectivity index (χ1v) is 7.88. The molecule has 2 aromatic carbocycles. The van der Waals surface area contributed by atoms with E-state index in [9.17, 15) is 4.79 Å². The van der Waals surface area contributed by atoms with Gasteiger partial charge in [0.05, 0.1) is 32.0 Å². The molecule has 0 unspecified atom stereocenters. The predicted octanol–water partition coefficient (Wildman–Crippen LogP) is 2.97. The Hall–Kier alpha value is -3.04. The van der Waals surface area contributed by atoms with Crippen LogP contribution in [0.1, 0.15) is 24.0 Å². The van der Waals surface area contributed by atoms with E-state index in [2.05, 4.69) is 5.48 Å². The molecule has 25 heavy (non-hydrogen) atoms. The number of benzene rings is 2. The molecule has 130 valence electrons. The molecule has 2 aromatic rings. The monoisotopic (exact) mass is 340 g/mol. The molecule has 0 spiro atoms. The number of nitrogens with zero attached hydrogens (tertiary/aromatic N) is 1. The maximum Gasteiger partial charge on any atom is 0.243 e. The van der Waals surface area contributed by atoms with Gasteiger partial charge in [-0.3, -0.25) is 9.63 Å². The first-order valence-electron chi connectivity index (χ1n) is 7.88. The van der Waals surface area contributed by atoms with Crippen LogP contribution >= 0.6 is 0 Å². The predicted molar refractivity (Wildman–Crippen MR) is 91.8 cm³/mol. The Morgan fingerprint density at radius 1 is 1.16 bits per heavy atom. The second-order valence-electron chi connectivity index (χ2n) is 5.23. The third-order valence-electron chi connectivity index (χ3n) is 3.37. The zero-order valence-corrected chi connectivity index (χ0v) is 14.0. The van der Waals surface area contributed by atoms with Crippen LogP contribution in [0, 0.1) is 11.3 Å². The number of carbonyl (C=O) groups excluding carboxylic acids is 1. The average molecular weight is 340 g/mol. The molecule has 0 aliphatic heterocycles. The largest absolute Gasteiger partial charge is 0.493 e. The zero-order chi connectivity index (χ0) is 17.9. The highest BCUT2D eigenvalue weighted by atomic mass is 16.6. The number of ether oxygens (including phenoxy) is 2. The summed E-state index contributed by atoms with van der Waals surface area (Å²) >= 11 is 0. The molecule has 0 radical (unpaired) electrons. The number of carbonyl (C=O) groups is 1. The van der Waals surface area contributed by atoms with Crippen LogP contribution in [0.25, 0.3) is 0 Å². The lowest BCUT2D eigenvalue weighted by atomic mass is 10.2. The van der Waals surface area contributed by atoms with Gasteiger partial charge in [0.2, 0.25) is 5.91 Å². The highest BCUT2D eigenvalue weighted by molar-refractivity contribution is 5.74. The minimum atomic E-state index is -0.202. The molecule has 1 amide bonds. The van der Waals surface area contributed by atoms with Crippen LogP contribution in [-0.2, 0) is 16.2 Å². The Kier molecular flexibility index (Phi) is 7.29. The SMILES string of the molecule is COc1cc(C#N)ccc1OCCCC(=O)NOCc1ccccc1. The third kappa shape index (κ3) is 6.16. The summed E-state index contributed by atoms with van der Waals surface area (Å²) in [6.45, 7) is 0.680. The molecule has 2 rings (SSSR count). The molecule has 0 saturated carbocycles. The van der Waals surface area contributed by atoms with Crippen molar-refractivity contribution < 1.29 is 19.1 Å². The van der Waals surface area contributed by atoms with Gasteiger partial charge in [-0.05, 0) is 24.1 Å². The fraction of sp³-hybridized carbons (Fsp3) is 0.263. The summed E-state index contributed by atoms with van der Waals surface area (Å²) in [5.41, 5.74) is 3.90. The van der Waals surface area contributed by atoms with E-state index in [1.165, 1.54) is 7.11 Å². The number of methoxy groups -OCH3 is 1. The number of nitrogens with one attached hydrogen (secondary N) is 1. The lowest BCUT2D eigenvalue weighted by molar-refractivity contribution is -0.134. The second-order valence-corrected chi connectivity index (χ2v) is 5.23. The van der Waals surface area contributed by atoms with Gasteiger partial charge in [0.1, 0.15) is 0 Å². The minimum Gasteiger partial charge on any atom is -0.493 e. The van der Waals surface area contributed by atoms with Crippen LogP contribution in [0.4, 0.5) is 0 Å². The van der Waals surface area contributed by atoms with Gasteiger partial charge >= 0.3 is 0 Å². The zero-order valence-electron chi connectivity index (χ0n) is 14.0. The van der Waals surface area contributed by atoms with Gasteiger partial charge in [-0.1, -0.05) is 30.3 Å². The number of hydrogen-bond acceptors (Lipinski definition) is 5. The van der Waals surface area contributed by atoms with E-state index in [4.69, 9.17) is 19.6 Å². The van der Waals surface area contributed by atoms with Gasteiger partial charge in [-0.25, -0.2) is 5.48 Å². The van der Waals surface area contributed by atoms with E-state index in [-0.39, 0.29) is 12.3 Å². The summed E-state index contributed by atoms with van der Waals surface area (Å²) in [6.07, 6.45) is 0.817. The molecule has 1 N–H and O–H groups in total. The topological polar surface area (TPSA) is 80.6 Å². The third-order valence-corrected chi connectivity index (χ3v) is 3.37. The van der Waals surface area contributed by atoms with Gasteiger partial charge in [0.15, 0.2) is 11.5 Å². The van der Waals surface area contributed by atoms with Gasteiger partial charge in [0.25, 0.3) is 0 Å². The van der Waals surface area contributed by atoms with Crippen molar-refractivity contribution in [3.05, 3.63) is 59.7 Å². The number of amides is 1. The van der Waals surface area contributed by atoms with Crippen LogP contribution in [0.3, 0.4) is 0 Å². The molecular formula is C19H20N2O4. The van der Waals surface area contributed by atoms with E-state index in [0.717, 1.165) is 5.56 Å². The van der Waals surface area contributed by atoms with E-state index in [1.807, 2.05) is 36.4 Å². The van der Waals surface area contributed by atoms with Gasteiger partial charge in [0, 0.05) is 12.5 Å². The molecule has 0 bridgehead atoms. The Bertz CT molecular complexity index is 726. The normalized spacial score (nSPS) is 9.92. The van der Waals surface area contributed by atoms with Crippen LogP contribution in [-0.4, -0.2) is 19.6 Å². The molecule has 0 atom stereocenters. The molecule has 6 heteroatoms. The maximum atomic E-state index is 11.7. The summed E-state index contributed by atoms with van der Waals surface area (Å²) in [7, 11) is 1.51. The van der Waals surface area contributed by atoms with Gasteiger partial charge in [-0.2, -0.15) is 5.26 Å². The molecule has 0 aliphatic rings. The molecule has 6 nitrogen and oxygen atoms in total. The number of nitriles is 1. The fourth-order valence-electron chi connectivity index (χ4n) is 2.10. The Labute approximate surface area is 146 Å². The Morgan fingerprint density at radius 2 is 1.96 bits per heavy atom. The lowest BCUT2D eigenvalue weighted by Gasteiger charge is -2.11. The van der Waals surface area contributed by atoms with Crippen LogP contribution < -0.4 is 15.0 Å². The van der Waals surface area contributed by atoms with Crippen molar-refractivity contribution >= 4 is 5.91 Å². The van der Waals surface area contributed by atoms with Crippen LogP contribution in [0.15, 0.2) is 48.5 Å². The van der Waals surface area contributed by atoms with E-state index in [1.54, 1.807) is 18.2 Å². The number of hydrogen-bond donors (Lipinski definition) is 1. The van der Waals surface area contributed by atoms with E-state index < -0.39 is 0 Å². The molecule has 0 aliphatic carbocycles. The standard InChI is InChI=1S/C19H20N2O4/c1-23-18-12-16(13-20)9-10-17(18)24-11-5-8-19(22)21-25-14-15-6-3-2-4-7-15/h2-4,6-7,9-10,12H,5,8,11,14H2,1H3,(H,21,22). The summed E-state index contributed by atoms with van der Waals surface area (Å²) in [5, 5.41) is 8.86. The molecular weight excluding hydrogens is 320 g/mol. The van der Waals surface area contributed by atoms with Crippen molar-refractivity contribution in [1.82, 2.24) is 5.48 Å². The first-order chi connectivity index (χ1) is 12.2. The summed E-state index contributed by atoms with van der Waals surface area (Å²) in [6, 6.07) is 16.6. The summed E-state index contributed by atoms with van der Waals surface area (Å²) < 4.78 is 10.8. The van der Waals surface area contributed by atoms with Crippen molar-refractivity contribution in [3.8, 4) is 17.6 Å². The average Bonchev–Trinajstić information content (AvgIpc) is 2.66. The highest BCUT2D eigenvalue weighted by Crippen LogP contribution is 2.27. The van der Waals surface area contributed by atoms with Gasteiger partial charge in [-0.15, -0.1) is 0 Å². The van der Waals surface area contributed by atoms with Crippen molar-refractivity contribution in [1.29, 1.82) is 5.26 Å². The van der Waals surface area contributed by atoms with Crippen LogP contribution in [0.2, 0.25) is 0 Å². The van der Waals surface area contributed by atoms with Crippen molar-refractivity contribution in [2.45, 2.75) is 19.4 Å². The Morgan fingerprint density at radius 3 is 2.68 bits per heavy atom. The minimum absolute atomic E-state index is 0.202. The van der Waals surface area contributed by atoms with E-state index in [0.29, 0.717) is 36.7 Å². The second kappa shape index (κ2) is 9.96. The highest BCUT2D eigenvalue weighted by Gasteiger charge is 2.07. The summed E-state index contributed by atoms with van der Waals surface area (Å²) in [4.78, 5) is 16.9. The van der Waals surface area contributed by atoms with Crippen molar-refractivity contribution in [2.75, 3.05) is 13.7 Å². The molecule has 0 fully saturated rings. The Balaban J connectivity index is 1.65. The summed E-state index contributed by atoms with van der Waals surface area (Å²) in [5.74, 6) is 0.836. The van der Waals surface area contributed by atoms with E-state index >= 15 is 0 Å². The van der Waals surface area contributed by atoms with Crippen molar-refractivity contribution in [2.24, 2.45) is 0 Å². The number of hydroxylamine groups is 1. The van der Waals surface area contributed by atoms with Crippen LogP contribution in [0.5, 0.6) is 11.5 Å². The number of rotatable bonds is 9. The molecule has 0 heterocycles. The maximum absolute atomic E-state index is 11.7. The molecule has 0 saturated heterocycles. The lowest BCUT2D eigenvalue weighted by Crippen LogP contribution is -2.23.